The van der Waals surface area contributed by atoms with Gasteiger partial charge in [0.1, 0.15) is 11.2 Å². The van der Waals surface area contributed by atoms with E-state index in [1.54, 1.807) is 0 Å². The van der Waals surface area contributed by atoms with Gasteiger partial charge in [-0.15, -0.1) is 0 Å². The molecule has 9 rings (SSSR count). The van der Waals surface area contributed by atoms with Gasteiger partial charge < -0.3 is 4.42 Å². The van der Waals surface area contributed by atoms with Crippen LogP contribution >= 0.6 is 0 Å². The summed E-state index contributed by atoms with van der Waals surface area (Å²) >= 11 is 0. The summed E-state index contributed by atoms with van der Waals surface area (Å²) in [7, 11) is 0. The highest BCUT2D eigenvalue weighted by Gasteiger charge is 2.19. The second kappa shape index (κ2) is 12.7. The summed E-state index contributed by atoms with van der Waals surface area (Å²) in [6, 6.07) is 60.5. The van der Waals surface area contributed by atoms with Crippen molar-refractivity contribution >= 4 is 38.9 Å². The van der Waals surface area contributed by atoms with Gasteiger partial charge in [-0.3, -0.25) is 4.99 Å². The summed E-state index contributed by atoms with van der Waals surface area (Å²) in [6.45, 7) is 2.28. The molecule has 1 aliphatic rings. The maximum Gasteiger partial charge on any atom is 0.136 e. The summed E-state index contributed by atoms with van der Waals surface area (Å²) < 4.78 is 6.54. The Morgan fingerprint density at radius 1 is 0.420 bits per heavy atom. The summed E-state index contributed by atoms with van der Waals surface area (Å²) in [5, 5.41) is 2.25. The van der Waals surface area contributed by atoms with Gasteiger partial charge in [0.25, 0.3) is 0 Å². The molecule has 0 spiro atoms. The van der Waals surface area contributed by atoms with Crippen molar-refractivity contribution in [1.29, 1.82) is 0 Å². The van der Waals surface area contributed by atoms with Crippen molar-refractivity contribution in [2.75, 3.05) is 0 Å². The minimum atomic E-state index is 0.844. The first kappa shape index (κ1) is 29.9. The standard InChI is InChI=1S/C48H35NO/c1-32-19-28-44(49-45-18-9-8-17-43(45)48(32)40-16-10-15-37(29-40)34-13-6-3-7-14-34)39-25-27-42-41-26-24-38(30-46(41)50-47(42)31-39)36-22-20-35(21-23-36)33-11-4-2-5-12-33/h2-18,20-27,29-31H,19,28H2,1H3/b48-32+,49-44?. The molecule has 0 saturated carbocycles. The van der Waals surface area contributed by atoms with Crippen LogP contribution in [0.5, 0.6) is 0 Å². The second-order valence-electron chi connectivity index (χ2n) is 13.1. The van der Waals surface area contributed by atoms with Crippen LogP contribution in [-0.4, -0.2) is 5.71 Å². The Balaban J connectivity index is 1.05. The van der Waals surface area contributed by atoms with Crippen LogP contribution in [0, 0.1) is 0 Å². The van der Waals surface area contributed by atoms with E-state index in [0.717, 1.165) is 57.3 Å². The van der Waals surface area contributed by atoms with Crippen molar-refractivity contribution in [3.63, 3.8) is 0 Å². The minimum absolute atomic E-state index is 0.844. The topological polar surface area (TPSA) is 25.5 Å². The average molecular weight is 642 g/mol. The summed E-state index contributed by atoms with van der Waals surface area (Å²) in [4.78, 5) is 5.34. The molecule has 1 aromatic heterocycles. The SMILES string of the molecule is C/C1=C(/c2cccc(-c3ccccc3)c2)c2ccccc2N=C(c2ccc3c(c2)oc2cc(-c4ccc(-c5ccccc5)cc4)ccc23)CC1. The Hall–Kier alpha value is -6.25. The van der Waals surface area contributed by atoms with Gasteiger partial charge in [0.2, 0.25) is 0 Å². The Bertz CT molecular complexity index is 2570. The van der Waals surface area contributed by atoms with E-state index in [9.17, 15) is 0 Å². The molecule has 0 unspecified atom stereocenters. The Morgan fingerprint density at radius 2 is 0.920 bits per heavy atom. The molecule has 2 heteroatoms. The lowest BCUT2D eigenvalue weighted by molar-refractivity contribution is 0.669. The largest absolute Gasteiger partial charge is 0.456 e. The fraction of sp³-hybridized carbons (Fsp3) is 0.0625. The third-order valence-corrected chi connectivity index (χ3v) is 9.98. The van der Waals surface area contributed by atoms with Crippen molar-refractivity contribution < 1.29 is 4.42 Å². The average Bonchev–Trinajstić information content (AvgIpc) is 3.54. The van der Waals surface area contributed by atoms with E-state index in [-0.39, 0.29) is 0 Å². The van der Waals surface area contributed by atoms with E-state index >= 15 is 0 Å². The molecule has 0 fully saturated rings. The van der Waals surface area contributed by atoms with Crippen LogP contribution in [0.15, 0.2) is 185 Å². The number of fused-ring (bicyclic) bond motifs is 4. The van der Waals surface area contributed by atoms with E-state index in [1.807, 2.05) is 0 Å². The van der Waals surface area contributed by atoms with Gasteiger partial charge in [0, 0.05) is 22.0 Å². The lowest BCUT2D eigenvalue weighted by Crippen LogP contribution is -2.05. The Morgan fingerprint density at radius 3 is 1.64 bits per heavy atom. The van der Waals surface area contributed by atoms with Gasteiger partial charge in [0.05, 0.1) is 5.69 Å². The zero-order valence-electron chi connectivity index (χ0n) is 27.9. The molecule has 0 N–H and O–H groups in total. The molecule has 2 nitrogen and oxygen atoms in total. The fourth-order valence-corrected chi connectivity index (χ4v) is 7.36. The predicted molar refractivity (Wildman–Crippen MR) is 210 cm³/mol. The van der Waals surface area contributed by atoms with Gasteiger partial charge in [-0.25, -0.2) is 0 Å². The number of hydrogen-bond donors (Lipinski definition) is 0. The highest BCUT2D eigenvalue weighted by molar-refractivity contribution is 6.10. The lowest BCUT2D eigenvalue weighted by atomic mass is 9.87. The highest BCUT2D eigenvalue weighted by atomic mass is 16.3. The molecule has 0 aliphatic carbocycles. The number of hydrogen-bond acceptors (Lipinski definition) is 2. The van der Waals surface area contributed by atoms with Crippen LogP contribution in [0.4, 0.5) is 5.69 Å². The maximum absolute atomic E-state index is 6.54. The van der Waals surface area contributed by atoms with Gasteiger partial charge in [-0.2, -0.15) is 0 Å². The minimum Gasteiger partial charge on any atom is -0.456 e. The molecule has 8 aromatic rings. The van der Waals surface area contributed by atoms with E-state index in [0.29, 0.717) is 0 Å². The quantitative estimate of drug-likeness (QED) is 0.184. The molecular weight excluding hydrogens is 607 g/mol. The number of allylic oxidation sites excluding steroid dienone is 1. The Labute approximate surface area is 292 Å². The molecule has 1 aliphatic heterocycles. The van der Waals surface area contributed by atoms with Gasteiger partial charge in [-0.1, -0.05) is 139 Å². The molecule has 2 heterocycles. The first-order valence-corrected chi connectivity index (χ1v) is 17.3. The van der Waals surface area contributed by atoms with Crippen LogP contribution in [0.25, 0.3) is 60.9 Å². The van der Waals surface area contributed by atoms with E-state index in [4.69, 9.17) is 9.41 Å². The van der Waals surface area contributed by atoms with Gasteiger partial charge >= 0.3 is 0 Å². The first-order valence-electron chi connectivity index (χ1n) is 17.3. The van der Waals surface area contributed by atoms with Crippen molar-refractivity contribution in [3.8, 4) is 33.4 Å². The molecule has 0 saturated heterocycles. The van der Waals surface area contributed by atoms with Crippen molar-refractivity contribution in [1.82, 2.24) is 0 Å². The van der Waals surface area contributed by atoms with Crippen LogP contribution in [0.1, 0.15) is 36.5 Å². The lowest BCUT2D eigenvalue weighted by Gasteiger charge is -2.20. The monoisotopic (exact) mass is 641 g/mol. The number of para-hydroxylation sites is 1. The van der Waals surface area contributed by atoms with Gasteiger partial charge in [-0.05, 0) is 106 Å². The van der Waals surface area contributed by atoms with Crippen molar-refractivity contribution in [2.45, 2.75) is 19.8 Å². The normalized spacial score (nSPS) is 14.6. The zero-order valence-corrected chi connectivity index (χ0v) is 27.9. The summed E-state index contributed by atoms with van der Waals surface area (Å²) in [5.41, 5.74) is 17.2. The number of benzene rings is 7. The molecule has 0 radical (unpaired) electrons. The summed E-state index contributed by atoms with van der Waals surface area (Å²) in [5.74, 6) is 0. The highest BCUT2D eigenvalue weighted by Crippen LogP contribution is 2.39. The molecular formula is C48H35NO. The zero-order chi connectivity index (χ0) is 33.4. The van der Waals surface area contributed by atoms with E-state index in [2.05, 4.69) is 177 Å². The third-order valence-electron chi connectivity index (χ3n) is 9.98. The first-order chi connectivity index (χ1) is 24.7. The Kier molecular flexibility index (Phi) is 7.55. The van der Waals surface area contributed by atoms with Crippen molar-refractivity contribution in [2.24, 2.45) is 4.99 Å². The number of aliphatic imine (C=N–C) groups is 1. The molecule has 0 bridgehead atoms. The number of nitrogens with zero attached hydrogens (tertiary/aromatic N) is 1. The predicted octanol–water partition coefficient (Wildman–Crippen LogP) is 13.3. The van der Waals surface area contributed by atoms with E-state index in [1.165, 1.54) is 50.1 Å². The number of furan rings is 1. The summed E-state index contributed by atoms with van der Waals surface area (Å²) in [6.07, 6.45) is 1.76. The smallest absolute Gasteiger partial charge is 0.136 e. The van der Waals surface area contributed by atoms with Crippen molar-refractivity contribution in [3.05, 3.63) is 192 Å². The molecule has 7 aromatic carbocycles. The van der Waals surface area contributed by atoms with Gasteiger partial charge in [0.15, 0.2) is 0 Å². The number of rotatable bonds is 5. The van der Waals surface area contributed by atoms with Crippen LogP contribution < -0.4 is 0 Å². The van der Waals surface area contributed by atoms with E-state index < -0.39 is 0 Å². The third kappa shape index (κ3) is 5.55. The van der Waals surface area contributed by atoms with Crippen LogP contribution in [0.3, 0.4) is 0 Å². The molecule has 238 valence electrons. The van der Waals surface area contributed by atoms with Crippen LogP contribution in [-0.2, 0) is 0 Å². The fourth-order valence-electron chi connectivity index (χ4n) is 7.36. The maximum atomic E-state index is 6.54. The molecule has 0 atom stereocenters. The second-order valence-corrected chi connectivity index (χ2v) is 13.1. The molecule has 0 amide bonds. The van der Waals surface area contributed by atoms with Crippen LogP contribution in [0.2, 0.25) is 0 Å². The molecule has 50 heavy (non-hydrogen) atoms.